The van der Waals surface area contributed by atoms with Gasteiger partial charge in [0.1, 0.15) is 0 Å². The molecule has 3 aromatic carbocycles. The van der Waals surface area contributed by atoms with Gasteiger partial charge in [-0.25, -0.2) is 4.79 Å². The zero-order valence-electron chi connectivity index (χ0n) is 20.8. The largest absolute Gasteiger partial charge is 0.399 e. The maximum atomic E-state index is 12.0. The Morgan fingerprint density at radius 1 is 1.00 bits per heavy atom. The van der Waals surface area contributed by atoms with E-state index >= 15 is 0 Å². The van der Waals surface area contributed by atoms with Gasteiger partial charge >= 0.3 is 5.97 Å². The molecule has 4 rings (SSSR count). The summed E-state index contributed by atoms with van der Waals surface area (Å²) in [6.45, 7) is 8.73. The highest BCUT2D eigenvalue weighted by Gasteiger charge is 2.35. The minimum atomic E-state index is -0.684. The average Bonchev–Trinajstić information content (AvgIpc) is 3.69. The highest BCUT2D eigenvalue weighted by molar-refractivity contribution is 5.92. The molecule has 0 saturated carbocycles. The first-order chi connectivity index (χ1) is 17.2. The van der Waals surface area contributed by atoms with Crippen LogP contribution in [0.1, 0.15) is 42.1 Å². The number of rotatable bonds is 7. The molecular formula is C30H31N3O3. The molecule has 0 aromatic heterocycles. The van der Waals surface area contributed by atoms with E-state index in [-0.39, 0.29) is 5.41 Å². The number of amides is 1. The first kappa shape index (κ1) is 24.8. The second-order valence-corrected chi connectivity index (χ2v) is 9.41. The van der Waals surface area contributed by atoms with Gasteiger partial charge in [0.15, 0.2) is 0 Å². The third-order valence-corrected chi connectivity index (χ3v) is 6.61. The zero-order chi connectivity index (χ0) is 25.9. The summed E-state index contributed by atoms with van der Waals surface area (Å²) in [7, 11) is 1.38. The van der Waals surface area contributed by atoms with Crippen molar-refractivity contribution in [2.45, 2.75) is 25.3 Å². The van der Waals surface area contributed by atoms with Crippen LogP contribution in [-0.4, -0.2) is 30.5 Å². The van der Waals surface area contributed by atoms with Crippen LogP contribution in [0.15, 0.2) is 91.5 Å². The summed E-state index contributed by atoms with van der Waals surface area (Å²) in [5, 5.41) is 0.873. The quantitative estimate of drug-likeness (QED) is 0.215. The van der Waals surface area contributed by atoms with Crippen LogP contribution in [0.4, 0.5) is 11.4 Å². The predicted molar refractivity (Wildman–Crippen MR) is 144 cm³/mol. The lowest BCUT2D eigenvalue weighted by Crippen LogP contribution is -2.27. The van der Waals surface area contributed by atoms with Crippen molar-refractivity contribution in [1.29, 1.82) is 0 Å². The highest BCUT2D eigenvalue weighted by Crippen LogP contribution is 2.41. The van der Waals surface area contributed by atoms with Crippen molar-refractivity contribution in [1.82, 2.24) is 5.06 Å². The Labute approximate surface area is 212 Å². The molecule has 1 atom stereocenters. The van der Waals surface area contributed by atoms with Crippen molar-refractivity contribution in [2.75, 3.05) is 24.2 Å². The van der Waals surface area contributed by atoms with E-state index in [1.807, 2.05) is 36.4 Å². The smallest absolute Gasteiger partial charge is 0.355 e. The van der Waals surface area contributed by atoms with E-state index in [9.17, 15) is 9.59 Å². The van der Waals surface area contributed by atoms with Gasteiger partial charge in [-0.1, -0.05) is 69.0 Å². The van der Waals surface area contributed by atoms with Gasteiger partial charge in [-0.2, -0.15) is 5.06 Å². The molecule has 0 bridgehead atoms. The number of nitrogens with zero attached hydrogens (tertiary/aromatic N) is 2. The SMILES string of the molecule is C=CC(=O)ON(C)C(=O)/C=C/c1ccc(N2CC2c2ccc(C(C)(C)c3ccc(N)cc3)cc2)cc1. The van der Waals surface area contributed by atoms with Gasteiger partial charge in [0.05, 0.1) is 6.04 Å². The summed E-state index contributed by atoms with van der Waals surface area (Å²) in [6, 6.07) is 25.3. The number of hydrogen-bond acceptors (Lipinski definition) is 5. The van der Waals surface area contributed by atoms with Crippen LogP contribution in [0.2, 0.25) is 0 Å². The molecule has 1 unspecified atom stereocenters. The molecule has 1 saturated heterocycles. The number of likely N-dealkylation sites (N-methyl/N-ethyl adjacent to an activating group) is 1. The molecule has 0 radical (unpaired) electrons. The van der Waals surface area contributed by atoms with Crippen molar-refractivity contribution in [3.8, 4) is 0 Å². The van der Waals surface area contributed by atoms with E-state index in [0.717, 1.165) is 34.6 Å². The van der Waals surface area contributed by atoms with Crippen LogP contribution >= 0.6 is 0 Å². The number of benzene rings is 3. The highest BCUT2D eigenvalue weighted by atomic mass is 16.7. The van der Waals surface area contributed by atoms with Gasteiger partial charge in [-0.05, 0) is 52.6 Å². The van der Waals surface area contributed by atoms with E-state index in [0.29, 0.717) is 6.04 Å². The lowest BCUT2D eigenvalue weighted by Gasteiger charge is -2.26. The Bertz CT molecular complexity index is 1280. The third-order valence-electron chi connectivity index (χ3n) is 6.61. The second-order valence-electron chi connectivity index (χ2n) is 9.41. The number of carbonyl (C=O) groups excluding carboxylic acids is 2. The molecule has 3 aromatic rings. The number of nitrogen functional groups attached to an aromatic ring is 1. The van der Waals surface area contributed by atoms with Gasteiger partial charge in [-0.3, -0.25) is 4.79 Å². The predicted octanol–water partition coefficient (Wildman–Crippen LogP) is 5.27. The monoisotopic (exact) mass is 481 g/mol. The van der Waals surface area contributed by atoms with Crippen LogP contribution in [-0.2, 0) is 19.8 Å². The first-order valence-corrected chi connectivity index (χ1v) is 11.8. The van der Waals surface area contributed by atoms with Crippen molar-refractivity contribution in [3.05, 3.63) is 114 Å². The molecule has 1 fully saturated rings. The fourth-order valence-corrected chi connectivity index (χ4v) is 4.16. The van der Waals surface area contributed by atoms with E-state index in [2.05, 4.69) is 61.7 Å². The Morgan fingerprint density at radius 3 is 2.17 bits per heavy atom. The van der Waals surface area contributed by atoms with Gasteiger partial charge in [-0.15, -0.1) is 0 Å². The Kier molecular flexibility index (Phi) is 6.97. The van der Waals surface area contributed by atoms with E-state index < -0.39 is 11.9 Å². The molecule has 1 heterocycles. The summed E-state index contributed by atoms with van der Waals surface area (Å²) < 4.78 is 0. The molecule has 1 aliphatic rings. The maximum Gasteiger partial charge on any atom is 0.355 e. The van der Waals surface area contributed by atoms with Gasteiger partial charge in [0.2, 0.25) is 0 Å². The second kappa shape index (κ2) is 10.1. The van der Waals surface area contributed by atoms with Gasteiger partial charge < -0.3 is 15.5 Å². The fourth-order valence-electron chi connectivity index (χ4n) is 4.16. The number of nitrogens with two attached hydrogens (primary N) is 1. The summed E-state index contributed by atoms with van der Waals surface area (Å²) in [6.07, 6.45) is 4.05. The molecule has 6 heteroatoms. The molecular weight excluding hydrogens is 450 g/mol. The van der Waals surface area contributed by atoms with Crippen LogP contribution < -0.4 is 10.6 Å². The van der Waals surface area contributed by atoms with Crippen molar-refractivity contribution in [2.24, 2.45) is 0 Å². The summed E-state index contributed by atoms with van der Waals surface area (Å²) >= 11 is 0. The summed E-state index contributed by atoms with van der Waals surface area (Å²) in [4.78, 5) is 30.4. The van der Waals surface area contributed by atoms with Gasteiger partial charge in [0.25, 0.3) is 5.91 Å². The van der Waals surface area contributed by atoms with Gasteiger partial charge in [0, 0.05) is 42.5 Å². The zero-order valence-corrected chi connectivity index (χ0v) is 20.8. The lowest BCUT2D eigenvalue weighted by atomic mass is 9.78. The van der Waals surface area contributed by atoms with Crippen LogP contribution in [0.3, 0.4) is 0 Å². The van der Waals surface area contributed by atoms with Crippen molar-refractivity contribution < 1.29 is 14.4 Å². The van der Waals surface area contributed by atoms with E-state index in [1.54, 1.807) is 6.08 Å². The summed E-state index contributed by atoms with van der Waals surface area (Å²) in [5.74, 6) is -1.12. The Hall–Kier alpha value is -4.32. The number of carbonyl (C=O) groups is 2. The molecule has 2 N–H and O–H groups in total. The molecule has 36 heavy (non-hydrogen) atoms. The summed E-state index contributed by atoms with van der Waals surface area (Å²) in [5.41, 5.74) is 12.3. The van der Waals surface area contributed by atoms with E-state index in [1.165, 1.54) is 29.8 Å². The van der Waals surface area contributed by atoms with Crippen LogP contribution in [0.5, 0.6) is 0 Å². The minimum absolute atomic E-state index is 0.109. The number of anilines is 2. The molecule has 0 spiro atoms. The Balaban J connectivity index is 1.37. The average molecular weight is 482 g/mol. The van der Waals surface area contributed by atoms with Crippen molar-refractivity contribution >= 4 is 29.3 Å². The number of hydroxylamine groups is 2. The van der Waals surface area contributed by atoms with Crippen LogP contribution in [0.25, 0.3) is 6.08 Å². The van der Waals surface area contributed by atoms with E-state index in [4.69, 9.17) is 10.6 Å². The number of hydrogen-bond donors (Lipinski definition) is 1. The van der Waals surface area contributed by atoms with Crippen LogP contribution in [0, 0.1) is 0 Å². The Morgan fingerprint density at radius 2 is 1.58 bits per heavy atom. The molecule has 184 valence electrons. The standard InChI is InChI=1S/C30H31N3O3/c1-5-29(35)36-32(4)28(34)19-8-21-6-17-26(18-7-21)33-20-27(33)22-9-11-23(12-10-22)30(2,3)24-13-15-25(31)16-14-24/h5-19,27H,1,20,31H2,2-4H3/b19-8+. The molecule has 1 amide bonds. The minimum Gasteiger partial charge on any atom is -0.399 e. The molecule has 1 aliphatic heterocycles. The molecule has 6 nitrogen and oxygen atoms in total. The first-order valence-electron chi connectivity index (χ1n) is 11.8. The normalized spacial score (nSPS) is 15.0. The fraction of sp³-hybridized carbons (Fsp3) is 0.200. The topological polar surface area (TPSA) is 75.6 Å². The lowest BCUT2D eigenvalue weighted by molar-refractivity contribution is -0.184. The third kappa shape index (κ3) is 5.49. The molecule has 0 aliphatic carbocycles. The van der Waals surface area contributed by atoms with Crippen molar-refractivity contribution in [3.63, 3.8) is 0 Å². The maximum absolute atomic E-state index is 12.0.